The van der Waals surface area contributed by atoms with E-state index in [4.69, 9.17) is 4.74 Å². The fraction of sp³-hybridized carbons (Fsp3) is 0.667. The van der Waals surface area contributed by atoms with Gasteiger partial charge in [-0.05, 0) is 43.7 Å². The van der Waals surface area contributed by atoms with Crippen molar-refractivity contribution in [1.82, 2.24) is 15.2 Å². The molecule has 1 aliphatic carbocycles. The number of nitrogens with zero attached hydrogens (tertiary/aromatic N) is 3. The van der Waals surface area contributed by atoms with Gasteiger partial charge in [0.15, 0.2) is 5.96 Å². The molecule has 7 heteroatoms. The van der Waals surface area contributed by atoms with Gasteiger partial charge >= 0.3 is 0 Å². The summed E-state index contributed by atoms with van der Waals surface area (Å²) in [5, 5.41) is 6.73. The molecule has 1 aliphatic rings. The number of hydrogen-bond donors (Lipinski definition) is 2. The lowest BCUT2D eigenvalue weighted by atomic mass is 10.3. The Kier molecular flexibility index (Phi) is 11.6. The summed E-state index contributed by atoms with van der Waals surface area (Å²) in [5.74, 6) is 2.70. The zero-order chi connectivity index (χ0) is 17.0. The van der Waals surface area contributed by atoms with Crippen molar-refractivity contribution in [3.05, 3.63) is 24.4 Å². The van der Waals surface area contributed by atoms with Crippen LogP contribution in [0.3, 0.4) is 0 Å². The molecule has 1 aromatic rings. The first kappa shape index (κ1) is 22.0. The van der Waals surface area contributed by atoms with Crippen LogP contribution in [0.2, 0.25) is 0 Å². The van der Waals surface area contributed by atoms with Crippen LogP contribution in [0.1, 0.15) is 25.7 Å². The molecule has 1 fully saturated rings. The van der Waals surface area contributed by atoms with Crippen molar-refractivity contribution in [3.63, 3.8) is 0 Å². The van der Waals surface area contributed by atoms with Crippen LogP contribution in [0.15, 0.2) is 29.4 Å². The number of nitrogens with one attached hydrogen (secondary N) is 2. The Morgan fingerprint density at radius 2 is 2.12 bits per heavy atom. The highest BCUT2D eigenvalue weighted by molar-refractivity contribution is 14.0. The molecular formula is C18H32IN5O. The molecule has 25 heavy (non-hydrogen) atoms. The second-order valence-corrected chi connectivity index (χ2v) is 6.26. The molecule has 0 aromatic carbocycles. The van der Waals surface area contributed by atoms with Crippen LogP contribution < -0.4 is 10.6 Å². The number of likely N-dealkylation sites (N-methyl/N-ethyl adjacent to an activating group) is 1. The third-order valence-corrected chi connectivity index (χ3v) is 4.05. The number of aromatic nitrogens is 1. The second-order valence-electron chi connectivity index (χ2n) is 6.26. The normalized spacial score (nSPS) is 13.9. The molecule has 0 spiro atoms. The minimum atomic E-state index is 0. The van der Waals surface area contributed by atoms with Gasteiger partial charge in [-0.25, -0.2) is 4.98 Å². The first-order valence-corrected chi connectivity index (χ1v) is 8.94. The van der Waals surface area contributed by atoms with E-state index in [1.54, 1.807) is 6.20 Å². The molecule has 1 heterocycles. The van der Waals surface area contributed by atoms with Gasteiger partial charge in [0, 0.05) is 46.5 Å². The fourth-order valence-electron chi connectivity index (χ4n) is 2.36. The molecule has 1 saturated carbocycles. The van der Waals surface area contributed by atoms with E-state index in [9.17, 15) is 0 Å². The van der Waals surface area contributed by atoms with Crippen molar-refractivity contribution >= 4 is 35.8 Å². The molecule has 2 N–H and O–H groups in total. The lowest BCUT2D eigenvalue weighted by Gasteiger charge is -2.22. The highest BCUT2D eigenvalue weighted by Gasteiger charge is 2.21. The average molecular weight is 461 g/mol. The lowest BCUT2D eigenvalue weighted by Crippen LogP contribution is -2.41. The van der Waals surface area contributed by atoms with Gasteiger partial charge in [0.1, 0.15) is 5.82 Å². The molecule has 0 amide bonds. The molecule has 0 aliphatic heterocycles. The Labute approximate surface area is 168 Å². The van der Waals surface area contributed by atoms with Gasteiger partial charge in [-0.3, -0.25) is 4.99 Å². The van der Waals surface area contributed by atoms with Gasteiger partial charge in [0.25, 0.3) is 0 Å². The third-order valence-electron chi connectivity index (χ3n) is 4.05. The quantitative estimate of drug-likeness (QED) is 0.230. The van der Waals surface area contributed by atoms with E-state index < -0.39 is 0 Å². The summed E-state index contributed by atoms with van der Waals surface area (Å²) in [6.45, 7) is 4.41. The van der Waals surface area contributed by atoms with E-state index in [1.165, 1.54) is 12.8 Å². The Bertz CT molecular complexity index is 482. The number of rotatable bonds is 11. The zero-order valence-electron chi connectivity index (χ0n) is 15.4. The SMILES string of the molecule is CN=C(NCCCCNc1ccccn1)N(C)CCOCC1CC1.I. The van der Waals surface area contributed by atoms with Crippen LogP contribution in [0.4, 0.5) is 5.82 Å². The standard InChI is InChI=1S/C18H31N5O.HI/c1-19-18(23(2)13-14-24-15-16-8-9-16)22-12-6-5-11-21-17-7-3-4-10-20-17;/h3-4,7,10,16H,5-6,8-9,11-15H2,1-2H3,(H,19,22)(H,20,21);1H. The van der Waals surface area contributed by atoms with Gasteiger partial charge in [-0.2, -0.15) is 0 Å². The number of pyridine rings is 1. The molecule has 0 unspecified atom stereocenters. The number of guanidine groups is 1. The number of aliphatic imine (C=N–C) groups is 1. The maximum absolute atomic E-state index is 5.68. The van der Waals surface area contributed by atoms with E-state index in [0.29, 0.717) is 0 Å². The van der Waals surface area contributed by atoms with Crippen LogP contribution >= 0.6 is 24.0 Å². The molecule has 0 radical (unpaired) electrons. The fourth-order valence-corrected chi connectivity index (χ4v) is 2.36. The van der Waals surface area contributed by atoms with Gasteiger partial charge < -0.3 is 20.3 Å². The first-order valence-electron chi connectivity index (χ1n) is 8.94. The molecule has 6 nitrogen and oxygen atoms in total. The summed E-state index contributed by atoms with van der Waals surface area (Å²) in [4.78, 5) is 10.7. The van der Waals surface area contributed by atoms with Crippen molar-refractivity contribution in [2.45, 2.75) is 25.7 Å². The number of halogens is 1. The molecule has 0 atom stereocenters. The molecule has 1 aromatic heterocycles. The minimum Gasteiger partial charge on any atom is -0.379 e. The van der Waals surface area contributed by atoms with Crippen LogP contribution in [0, 0.1) is 5.92 Å². The number of ether oxygens (including phenoxy) is 1. The van der Waals surface area contributed by atoms with Gasteiger partial charge in [0.05, 0.1) is 6.61 Å². The summed E-state index contributed by atoms with van der Waals surface area (Å²) < 4.78 is 5.68. The summed E-state index contributed by atoms with van der Waals surface area (Å²) >= 11 is 0. The van der Waals surface area contributed by atoms with Crippen molar-refractivity contribution in [1.29, 1.82) is 0 Å². The number of hydrogen-bond acceptors (Lipinski definition) is 4. The summed E-state index contributed by atoms with van der Waals surface area (Å²) in [6.07, 6.45) is 6.67. The topological polar surface area (TPSA) is 61.8 Å². The predicted molar refractivity (Wildman–Crippen MR) is 115 cm³/mol. The van der Waals surface area contributed by atoms with Crippen LogP contribution in [0.5, 0.6) is 0 Å². The van der Waals surface area contributed by atoms with Gasteiger partial charge in [-0.1, -0.05) is 6.07 Å². The molecule has 2 rings (SSSR count). The Morgan fingerprint density at radius 3 is 2.80 bits per heavy atom. The first-order chi connectivity index (χ1) is 11.8. The van der Waals surface area contributed by atoms with Crippen molar-refractivity contribution in [2.24, 2.45) is 10.9 Å². The molecule has 0 bridgehead atoms. The monoisotopic (exact) mass is 461 g/mol. The molecule has 142 valence electrons. The molecular weight excluding hydrogens is 429 g/mol. The summed E-state index contributed by atoms with van der Waals surface area (Å²) in [7, 11) is 3.88. The Balaban J connectivity index is 0.00000312. The Morgan fingerprint density at radius 1 is 1.32 bits per heavy atom. The predicted octanol–water partition coefficient (Wildman–Crippen LogP) is 2.83. The van der Waals surface area contributed by atoms with Gasteiger partial charge in [0.2, 0.25) is 0 Å². The van der Waals surface area contributed by atoms with E-state index >= 15 is 0 Å². The number of anilines is 1. The summed E-state index contributed by atoms with van der Waals surface area (Å²) in [6, 6.07) is 5.90. The zero-order valence-corrected chi connectivity index (χ0v) is 17.7. The van der Waals surface area contributed by atoms with Crippen molar-refractivity contribution in [3.8, 4) is 0 Å². The largest absolute Gasteiger partial charge is 0.379 e. The van der Waals surface area contributed by atoms with E-state index in [0.717, 1.165) is 63.4 Å². The van der Waals surface area contributed by atoms with Gasteiger partial charge in [-0.15, -0.1) is 24.0 Å². The van der Waals surface area contributed by atoms with E-state index in [2.05, 4.69) is 32.6 Å². The van der Waals surface area contributed by atoms with Crippen LogP contribution in [-0.2, 0) is 4.74 Å². The van der Waals surface area contributed by atoms with Crippen LogP contribution in [-0.4, -0.2) is 62.8 Å². The second kappa shape index (κ2) is 13.2. The summed E-state index contributed by atoms with van der Waals surface area (Å²) in [5.41, 5.74) is 0. The van der Waals surface area contributed by atoms with Crippen molar-refractivity contribution in [2.75, 3.05) is 52.3 Å². The third kappa shape index (κ3) is 9.84. The van der Waals surface area contributed by atoms with E-state index in [1.807, 2.05) is 25.2 Å². The molecule has 0 saturated heterocycles. The lowest BCUT2D eigenvalue weighted by molar-refractivity contribution is 0.115. The van der Waals surface area contributed by atoms with Crippen LogP contribution in [0.25, 0.3) is 0 Å². The number of unbranched alkanes of at least 4 members (excludes halogenated alkanes) is 1. The Hall–Kier alpha value is -1.09. The van der Waals surface area contributed by atoms with E-state index in [-0.39, 0.29) is 24.0 Å². The highest BCUT2D eigenvalue weighted by Crippen LogP contribution is 2.28. The highest BCUT2D eigenvalue weighted by atomic mass is 127. The van der Waals surface area contributed by atoms with Crippen molar-refractivity contribution < 1.29 is 4.74 Å². The average Bonchev–Trinajstić information content (AvgIpc) is 3.43. The minimum absolute atomic E-state index is 0. The smallest absolute Gasteiger partial charge is 0.193 e. The maximum atomic E-state index is 5.68. The maximum Gasteiger partial charge on any atom is 0.193 e.